The minimum absolute atomic E-state index is 0.0189. The van der Waals surface area contributed by atoms with Crippen molar-refractivity contribution >= 4 is 40.5 Å². The van der Waals surface area contributed by atoms with Crippen molar-refractivity contribution < 1.29 is 23.8 Å². The Hall–Kier alpha value is -3.73. The van der Waals surface area contributed by atoms with Crippen LogP contribution in [0.5, 0.6) is 11.6 Å². The molecule has 0 unspecified atom stereocenters. The number of carbonyl (C=O) groups is 2. The first-order valence-corrected chi connectivity index (χ1v) is 14.5. The van der Waals surface area contributed by atoms with Crippen LogP contribution in [-0.4, -0.2) is 45.1 Å². The fraction of sp³-hybridized carbons (Fsp3) is 0.483. The zero-order chi connectivity index (χ0) is 28.4. The number of anilines is 3. The van der Waals surface area contributed by atoms with Crippen LogP contribution >= 0.6 is 11.3 Å². The molecule has 5 rings (SSSR count). The van der Waals surface area contributed by atoms with Gasteiger partial charge in [0.1, 0.15) is 0 Å². The lowest BCUT2D eigenvalue weighted by molar-refractivity contribution is -0.149. The summed E-state index contributed by atoms with van der Waals surface area (Å²) in [6, 6.07) is 5.48. The van der Waals surface area contributed by atoms with Gasteiger partial charge in [0, 0.05) is 35.6 Å². The summed E-state index contributed by atoms with van der Waals surface area (Å²) in [6.45, 7) is 9.61. The molecule has 0 radical (unpaired) electrons. The Morgan fingerprint density at radius 3 is 2.73 bits per heavy atom. The fourth-order valence-electron chi connectivity index (χ4n) is 4.94. The van der Waals surface area contributed by atoms with Crippen LogP contribution < -0.4 is 20.1 Å². The highest BCUT2D eigenvalue weighted by Gasteiger charge is 2.37. The molecule has 2 aliphatic rings. The van der Waals surface area contributed by atoms with Crippen molar-refractivity contribution in [3.05, 3.63) is 35.6 Å². The Labute approximate surface area is 237 Å². The molecular weight excluding hydrogens is 530 g/mol. The number of thiazole rings is 1. The summed E-state index contributed by atoms with van der Waals surface area (Å²) < 4.78 is 17.2. The molecule has 1 aliphatic carbocycles. The smallest absolute Gasteiger partial charge is 0.308 e. The molecule has 40 heavy (non-hydrogen) atoms. The van der Waals surface area contributed by atoms with Gasteiger partial charge in [0.25, 0.3) is 5.91 Å². The Bertz CT molecular complexity index is 1400. The second-order valence-corrected chi connectivity index (χ2v) is 11.9. The maximum atomic E-state index is 12.7. The number of esters is 1. The summed E-state index contributed by atoms with van der Waals surface area (Å²) in [4.78, 5) is 39.4. The molecule has 3 heterocycles. The zero-order valence-corrected chi connectivity index (χ0v) is 24.3. The van der Waals surface area contributed by atoms with Gasteiger partial charge in [0.15, 0.2) is 11.4 Å². The highest BCUT2D eigenvalue weighted by molar-refractivity contribution is 7.15. The summed E-state index contributed by atoms with van der Waals surface area (Å²) in [6.07, 6.45) is 6.86. The first-order chi connectivity index (χ1) is 19.1. The monoisotopic (exact) mass is 565 g/mol. The lowest BCUT2D eigenvalue weighted by Crippen LogP contribution is -2.45. The van der Waals surface area contributed by atoms with Gasteiger partial charge in [-0.25, -0.2) is 9.97 Å². The van der Waals surface area contributed by atoms with E-state index >= 15 is 0 Å². The van der Waals surface area contributed by atoms with Crippen LogP contribution in [0.15, 0.2) is 30.6 Å². The molecule has 3 aromatic rings. The summed E-state index contributed by atoms with van der Waals surface area (Å²) in [5.41, 5.74) is 1.03. The topological polar surface area (TPSA) is 125 Å². The predicted molar refractivity (Wildman–Crippen MR) is 153 cm³/mol. The lowest BCUT2D eigenvalue weighted by atomic mass is 9.82. The number of ether oxygens (including phenoxy) is 3. The van der Waals surface area contributed by atoms with Crippen LogP contribution in [0.4, 0.5) is 17.3 Å². The number of fused-ring (bicyclic) bond motifs is 1. The van der Waals surface area contributed by atoms with Gasteiger partial charge in [-0.1, -0.05) is 0 Å². The van der Waals surface area contributed by atoms with Gasteiger partial charge < -0.3 is 24.8 Å². The first-order valence-electron chi connectivity index (χ1n) is 13.7. The van der Waals surface area contributed by atoms with Crippen molar-refractivity contribution in [1.82, 2.24) is 15.0 Å². The SMILES string of the molecule is CCOC(=O)C1CCC(c2ncc(-c3cc(Nc4nccc(OC(C)C)n4)cc4c3OC(C)(C)C(=O)N4)s2)CC1. The molecule has 1 saturated carbocycles. The van der Waals surface area contributed by atoms with Crippen molar-refractivity contribution in [2.24, 2.45) is 5.92 Å². The molecule has 0 atom stereocenters. The molecule has 212 valence electrons. The second-order valence-electron chi connectivity index (χ2n) is 10.8. The van der Waals surface area contributed by atoms with Crippen molar-refractivity contribution in [3.8, 4) is 22.1 Å². The molecule has 1 aliphatic heterocycles. The van der Waals surface area contributed by atoms with Gasteiger partial charge in [0.05, 0.1) is 34.2 Å². The third-order valence-corrected chi connectivity index (χ3v) is 8.16. The van der Waals surface area contributed by atoms with Crippen molar-refractivity contribution in [3.63, 3.8) is 0 Å². The Morgan fingerprint density at radius 2 is 2.00 bits per heavy atom. The predicted octanol–water partition coefficient (Wildman–Crippen LogP) is 6.08. The third-order valence-electron chi connectivity index (χ3n) is 6.97. The molecule has 10 nitrogen and oxygen atoms in total. The highest BCUT2D eigenvalue weighted by Crippen LogP contribution is 2.47. The fourth-order valence-corrected chi connectivity index (χ4v) is 6.04. The van der Waals surface area contributed by atoms with Crippen LogP contribution in [-0.2, 0) is 14.3 Å². The molecule has 1 amide bonds. The third kappa shape index (κ3) is 6.04. The van der Waals surface area contributed by atoms with Crippen molar-refractivity contribution in [2.75, 3.05) is 17.2 Å². The van der Waals surface area contributed by atoms with E-state index in [0.717, 1.165) is 41.1 Å². The van der Waals surface area contributed by atoms with Crippen LogP contribution in [0.1, 0.15) is 71.2 Å². The number of hydrogen-bond acceptors (Lipinski definition) is 10. The van der Waals surface area contributed by atoms with E-state index in [1.807, 2.05) is 39.1 Å². The first kappa shape index (κ1) is 27.8. The van der Waals surface area contributed by atoms with Crippen LogP contribution in [0, 0.1) is 5.92 Å². The quantitative estimate of drug-likeness (QED) is 0.313. The Morgan fingerprint density at radius 1 is 1.23 bits per heavy atom. The summed E-state index contributed by atoms with van der Waals surface area (Å²) in [5, 5.41) is 7.26. The van der Waals surface area contributed by atoms with Crippen LogP contribution in [0.3, 0.4) is 0 Å². The lowest BCUT2D eigenvalue weighted by Gasteiger charge is -2.33. The number of rotatable bonds is 8. The number of hydrogen-bond donors (Lipinski definition) is 2. The summed E-state index contributed by atoms with van der Waals surface area (Å²) in [5.74, 6) is 1.37. The van der Waals surface area contributed by atoms with Gasteiger partial charge in [-0.15, -0.1) is 11.3 Å². The molecule has 11 heteroatoms. The number of carbonyl (C=O) groups excluding carboxylic acids is 2. The van der Waals surface area contributed by atoms with E-state index in [1.165, 1.54) is 0 Å². The van der Waals surface area contributed by atoms with Gasteiger partial charge in [-0.3, -0.25) is 9.59 Å². The van der Waals surface area contributed by atoms with E-state index < -0.39 is 5.60 Å². The molecular formula is C29H35N5O5S. The van der Waals surface area contributed by atoms with Crippen molar-refractivity contribution in [1.29, 1.82) is 0 Å². The second kappa shape index (κ2) is 11.4. The van der Waals surface area contributed by atoms with Crippen LogP contribution in [0.25, 0.3) is 10.4 Å². The molecule has 1 fully saturated rings. The van der Waals surface area contributed by atoms with Gasteiger partial charge in [0.2, 0.25) is 11.8 Å². The van der Waals surface area contributed by atoms with E-state index in [2.05, 4.69) is 20.6 Å². The van der Waals surface area contributed by atoms with Crippen LogP contribution in [0.2, 0.25) is 0 Å². The average molecular weight is 566 g/mol. The minimum atomic E-state index is -1.03. The summed E-state index contributed by atoms with van der Waals surface area (Å²) in [7, 11) is 0. The van der Waals surface area contributed by atoms with E-state index in [4.69, 9.17) is 19.2 Å². The summed E-state index contributed by atoms with van der Waals surface area (Å²) >= 11 is 1.61. The normalized spacial score (nSPS) is 19.8. The number of aromatic nitrogens is 3. The minimum Gasteiger partial charge on any atom is -0.475 e. The molecule has 0 spiro atoms. The maximum absolute atomic E-state index is 12.7. The van der Waals surface area contributed by atoms with Gasteiger partial charge in [-0.05, 0) is 72.4 Å². The van der Waals surface area contributed by atoms with E-state index in [0.29, 0.717) is 35.6 Å². The Kier molecular flexibility index (Phi) is 7.93. The van der Waals surface area contributed by atoms with E-state index in [1.54, 1.807) is 37.4 Å². The number of nitrogens with zero attached hydrogens (tertiary/aromatic N) is 3. The molecule has 2 N–H and O–H groups in total. The maximum Gasteiger partial charge on any atom is 0.308 e. The standard InChI is InChI=1S/C29H35N5O5S/c1-6-37-26(35)18-9-7-17(8-10-18)25-31-15-22(40-25)20-13-19(14-21-24(20)39-29(4,5)27(36)33-21)32-28-30-12-11-23(34-28)38-16(2)3/h11-18H,6-10H2,1-5H3,(H,33,36)(H,30,32,34). The zero-order valence-electron chi connectivity index (χ0n) is 23.4. The highest BCUT2D eigenvalue weighted by atomic mass is 32.1. The molecule has 0 bridgehead atoms. The number of benzene rings is 1. The number of amides is 1. The van der Waals surface area contributed by atoms with Gasteiger partial charge >= 0.3 is 5.97 Å². The number of nitrogens with one attached hydrogen (secondary N) is 2. The average Bonchev–Trinajstić information content (AvgIpc) is 3.39. The largest absolute Gasteiger partial charge is 0.475 e. The molecule has 2 aromatic heterocycles. The molecule has 0 saturated heterocycles. The van der Waals surface area contributed by atoms with Crippen molar-refractivity contribution in [2.45, 2.75) is 77.9 Å². The molecule has 1 aromatic carbocycles. The van der Waals surface area contributed by atoms with E-state index in [-0.39, 0.29) is 29.8 Å². The van der Waals surface area contributed by atoms with Gasteiger partial charge in [-0.2, -0.15) is 4.98 Å². The Balaban J connectivity index is 1.43. The van der Waals surface area contributed by atoms with E-state index in [9.17, 15) is 9.59 Å².